The number of aromatic nitrogens is 4. The van der Waals surface area contributed by atoms with Crippen molar-refractivity contribution in [1.29, 1.82) is 0 Å². The smallest absolute Gasteiger partial charge is 0.301 e. The number of carbonyl (C=O) groups is 1. The number of benzene rings is 3. The summed E-state index contributed by atoms with van der Waals surface area (Å²) in [5.74, 6) is 0.0372. The van der Waals surface area contributed by atoms with Gasteiger partial charge in [0, 0.05) is 22.2 Å². The van der Waals surface area contributed by atoms with Crippen LogP contribution < -0.4 is 11.0 Å². The van der Waals surface area contributed by atoms with E-state index < -0.39 is 11.5 Å². The zero-order chi connectivity index (χ0) is 24.6. The Morgan fingerprint density at radius 3 is 2.69 bits per heavy atom. The van der Waals surface area contributed by atoms with Crippen LogP contribution in [-0.2, 0) is 4.79 Å². The van der Waals surface area contributed by atoms with E-state index in [1.807, 2.05) is 48.7 Å². The van der Waals surface area contributed by atoms with E-state index in [1.54, 1.807) is 22.8 Å². The predicted octanol–water partition coefficient (Wildman–Crippen LogP) is 5.07. The molecule has 3 atom stereocenters. The van der Waals surface area contributed by atoms with Crippen molar-refractivity contribution in [1.82, 2.24) is 19.7 Å². The summed E-state index contributed by atoms with van der Waals surface area (Å²) in [6.07, 6.45) is 0.533. The summed E-state index contributed by atoms with van der Waals surface area (Å²) in [6.45, 7) is 1.90. The van der Waals surface area contributed by atoms with Crippen molar-refractivity contribution in [2.75, 3.05) is 5.32 Å². The van der Waals surface area contributed by atoms with Crippen LogP contribution in [-0.4, -0.2) is 25.7 Å². The fraction of sp³-hybridized carbons (Fsp3) is 0.185. The molecule has 4 heterocycles. The lowest BCUT2D eigenvalue weighted by Crippen LogP contribution is -2.52. The van der Waals surface area contributed by atoms with Gasteiger partial charge in [-0.05, 0) is 42.0 Å². The van der Waals surface area contributed by atoms with E-state index in [0.29, 0.717) is 28.5 Å². The number of nitrogens with zero attached hydrogens (tertiary/aromatic N) is 3. The van der Waals surface area contributed by atoms with E-state index in [9.17, 15) is 14.0 Å². The van der Waals surface area contributed by atoms with Gasteiger partial charge in [0.05, 0.1) is 17.2 Å². The van der Waals surface area contributed by atoms with Gasteiger partial charge < -0.3 is 5.32 Å². The molecule has 0 saturated heterocycles. The molecule has 1 amide bonds. The van der Waals surface area contributed by atoms with Crippen LogP contribution in [0.25, 0.3) is 22.0 Å². The highest BCUT2D eigenvalue weighted by Gasteiger charge is 2.56. The number of H-pyrrole nitrogens is 1. The number of fused-ring (bicyclic) bond motifs is 2. The third kappa shape index (κ3) is 2.83. The molecule has 1 aliphatic carbocycles. The van der Waals surface area contributed by atoms with E-state index in [1.165, 1.54) is 17.4 Å². The average Bonchev–Trinajstić information content (AvgIpc) is 3.52. The fourth-order valence-electron chi connectivity index (χ4n) is 5.93. The van der Waals surface area contributed by atoms with Crippen LogP contribution in [0.2, 0.25) is 0 Å². The Hall–Kier alpha value is -4.11. The maximum atomic E-state index is 14.3. The second-order valence-electron chi connectivity index (χ2n) is 9.60. The number of nitrogens with one attached hydrogen (secondary N) is 2. The molecular weight excluding hydrogens is 477 g/mol. The van der Waals surface area contributed by atoms with Crippen molar-refractivity contribution in [3.05, 3.63) is 99.3 Å². The van der Waals surface area contributed by atoms with E-state index in [4.69, 9.17) is 0 Å². The molecule has 36 heavy (non-hydrogen) atoms. The summed E-state index contributed by atoms with van der Waals surface area (Å²) in [5.41, 5.74) is 2.36. The molecule has 7 nitrogen and oxygen atoms in total. The first-order valence-corrected chi connectivity index (χ1v) is 12.5. The van der Waals surface area contributed by atoms with Crippen LogP contribution in [0.3, 0.4) is 0 Å². The van der Waals surface area contributed by atoms with Gasteiger partial charge in [0.2, 0.25) is 5.91 Å². The molecule has 2 aromatic heterocycles. The highest BCUT2D eigenvalue weighted by molar-refractivity contribution is 7.14. The normalized spacial score (nSPS) is 21.8. The molecule has 0 radical (unpaired) electrons. The van der Waals surface area contributed by atoms with Crippen LogP contribution in [0, 0.1) is 11.2 Å². The van der Waals surface area contributed by atoms with Crippen molar-refractivity contribution < 1.29 is 9.18 Å². The predicted molar refractivity (Wildman–Crippen MR) is 136 cm³/mol. The number of aromatic amines is 1. The van der Waals surface area contributed by atoms with Crippen molar-refractivity contribution in [2.24, 2.45) is 5.41 Å². The Bertz CT molecular complexity index is 1750. The summed E-state index contributed by atoms with van der Waals surface area (Å²) in [5, 5.41) is 13.5. The first kappa shape index (κ1) is 21.2. The van der Waals surface area contributed by atoms with Crippen molar-refractivity contribution in [3.63, 3.8) is 0 Å². The molecule has 3 aromatic carbocycles. The number of hydrogen-bond donors (Lipinski definition) is 2. The van der Waals surface area contributed by atoms with Gasteiger partial charge in [-0.1, -0.05) is 48.5 Å². The minimum Gasteiger partial charge on any atom is -0.301 e. The van der Waals surface area contributed by atoms with E-state index >= 15 is 0 Å². The molecule has 0 spiro atoms. The summed E-state index contributed by atoms with van der Waals surface area (Å²) in [7, 11) is 0. The van der Waals surface area contributed by atoms with E-state index in [-0.39, 0.29) is 23.3 Å². The molecule has 2 aliphatic heterocycles. The maximum Gasteiger partial charge on any atom is 0.343 e. The number of anilines is 1. The van der Waals surface area contributed by atoms with Crippen LogP contribution in [0.4, 0.5) is 9.52 Å². The standard InChI is InChI=1S/C27H20FN5O2S/c1-27(12-19-15-7-3-5-9-18(15)22(27)33-23(19)31-32-26(33)35)24(34)30-25-29-21(13-36-25)17-10-11-20(28)16-8-4-2-6-14(16)17/h2-11,13,19,22H,12H2,1H3,(H,32,35)(H,29,30,34). The Balaban J connectivity index is 1.25. The van der Waals surface area contributed by atoms with Crippen molar-refractivity contribution in [2.45, 2.75) is 25.3 Å². The molecule has 2 bridgehead atoms. The third-order valence-electron chi connectivity index (χ3n) is 7.59. The Kier molecular flexibility index (Phi) is 4.38. The lowest BCUT2D eigenvalue weighted by atomic mass is 9.61. The number of carbonyl (C=O) groups excluding carboxylic acids is 1. The minimum absolute atomic E-state index is 0.154. The lowest BCUT2D eigenvalue weighted by Gasteiger charge is -2.49. The number of amides is 1. The molecule has 2 N–H and O–H groups in total. The van der Waals surface area contributed by atoms with Gasteiger partial charge in [0.25, 0.3) is 0 Å². The SMILES string of the molecule is CC1(C(=O)Nc2nc(-c3ccc(F)c4ccccc34)cs2)CC2c3ccccc3C1n1c2n[nH]c1=O. The molecule has 178 valence electrons. The highest BCUT2D eigenvalue weighted by atomic mass is 32.1. The highest BCUT2D eigenvalue weighted by Crippen LogP contribution is 2.57. The van der Waals surface area contributed by atoms with E-state index in [2.05, 4.69) is 20.5 Å². The quantitative estimate of drug-likeness (QED) is 0.364. The topological polar surface area (TPSA) is 92.7 Å². The van der Waals surface area contributed by atoms with Crippen LogP contribution in [0.5, 0.6) is 0 Å². The molecule has 5 aromatic rings. The first-order valence-electron chi connectivity index (χ1n) is 11.7. The van der Waals surface area contributed by atoms with Crippen LogP contribution in [0.15, 0.2) is 70.8 Å². The number of hydrogen-bond acceptors (Lipinski definition) is 5. The molecule has 0 fully saturated rings. The number of thiazole rings is 1. The molecule has 3 unspecified atom stereocenters. The molecule has 9 heteroatoms. The second-order valence-corrected chi connectivity index (χ2v) is 10.5. The first-order chi connectivity index (χ1) is 17.5. The van der Waals surface area contributed by atoms with Gasteiger partial charge >= 0.3 is 5.69 Å². The maximum absolute atomic E-state index is 14.3. The lowest BCUT2D eigenvalue weighted by molar-refractivity contribution is -0.128. The summed E-state index contributed by atoms with van der Waals surface area (Å²) >= 11 is 1.32. The summed E-state index contributed by atoms with van der Waals surface area (Å²) in [6, 6.07) is 17.9. The van der Waals surface area contributed by atoms with Crippen LogP contribution in [0.1, 0.15) is 42.3 Å². The minimum atomic E-state index is -0.881. The number of rotatable bonds is 3. The van der Waals surface area contributed by atoms with Gasteiger partial charge in [0.1, 0.15) is 11.6 Å². The summed E-state index contributed by atoms with van der Waals surface area (Å²) < 4.78 is 15.9. The van der Waals surface area contributed by atoms with Crippen molar-refractivity contribution >= 4 is 33.1 Å². The zero-order valence-electron chi connectivity index (χ0n) is 19.2. The van der Waals surface area contributed by atoms with Gasteiger partial charge in [-0.25, -0.2) is 19.3 Å². The van der Waals surface area contributed by atoms with Crippen LogP contribution >= 0.6 is 11.3 Å². The fourth-order valence-corrected chi connectivity index (χ4v) is 6.64. The Labute approximate surface area is 208 Å². The largest absolute Gasteiger partial charge is 0.343 e. The average molecular weight is 498 g/mol. The van der Waals surface area contributed by atoms with Gasteiger partial charge in [-0.3, -0.25) is 9.36 Å². The molecule has 8 rings (SSSR count). The molecule has 3 aliphatic rings. The van der Waals surface area contributed by atoms with Crippen molar-refractivity contribution in [3.8, 4) is 11.3 Å². The van der Waals surface area contributed by atoms with Gasteiger partial charge in [-0.15, -0.1) is 11.3 Å². The zero-order valence-corrected chi connectivity index (χ0v) is 20.0. The third-order valence-corrected chi connectivity index (χ3v) is 8.35. The monoisotopic (exact) mass is 497 g/mol. The van der Waals surface area contributed by atoms with E-state index in [0.717, 1.165) is 22.1 Å². The van der Waals surface area contributed by atoms with Gasteiger partial charge in [0.15, 0.2) is 5.13 Å². The molecule has 0 saturated carbocycles. The summed E-state index contributed by atoms with van der Waals surface area (Å²) in [4.78, 5) is 31.2. The second kappa shape index (κ2) is 7.44. The Morgan fingerprint density at radius 1 is 1.11 bits per heavy atom. The molecular formula is C27H20FN5O2S. The Morgan fingerprint density at radius 2 is 1.86 bits per heavy atom. The van der Waals surface area contributed by atoms with Gasteiger partial charge in [-0.2, -0.15) is 5.10 Å². The number of halogens is 1.